The van der Waals surface area contributed by atoms with Crippen molar-refractivity contribution in [2.45, 2.75) is 19.9 Å². The third kappa shape index (κ3) is 4.61. The van der Waals surface area contributed by atoms with Gasteiger partial charge in [0.25, 0.3) is 5.91 Å². The minimum Gasteiger partial charge on any atom is -0.495 e. The third-order valence-corrected chi connectivity index (χ3v) is 4.81. The molecule has 1 unspecified atom stereocenters. The Morgan fingerprint density at radius 3 is 2.54 bits per heavy atom. The number of benzene rings is 2. The second-order valence-corrected chi connectivity index (χ2v) is 6.87. The Balaban J connectivity index is 1.70. The number of aromatic nitrogens is 1. The molecule has 3 rings (SSSR count). The number of hydrogen-bond donors (Lipinski definition) is 2. The molecule has 1 atom stereocenters. The van der Waals surface area contributed by atoms with E-state index in [1.807, 2.05) is 50.2 Å². The van der Waals surface area contributed by atoms with E-state index in [-0.39, 0.29) is 11.9 Å². The Hall–Kier alpha value is -3.05. The van der Waals surface area contributed by atoms with E-state index in [2.05, 4.69) is 15.6 Å². The van der Waals surface area contributed by atoms with E-state index in [0.29, 0.717) is 16.5 Å². The largest absolute Gasteiger partial charge is 0.495 e. The van der Waals surface area contributed by atoms with Crippen LogP contribution in [0.25, 0.3) is 0 Å². The molecule has 0 aliphatic carbocycles. The lowest BCUT2D eigenvalue weighted by molar-refractivity contribution is 0.0935. The highest BCUT2D eigenvalue weighted by Gasteiger charge is 2.13. The van der Waals surface area contributed by atoms with Gasteiger partial charge in [0.2, 0.25) is 0 Å². The molecule has 0 spiro atoms. The molecule has 0 fully saturated rings. The number of rotatable bonds is 6. The first-order valence-electron chi connectivity index (χ1n) is 8.91. The first-order chi connectivity index (χ1) is 13.5. The Kier molecular flexibility index (Phi) is 6.16. The maximum atomic E-state index is 12.5. The van der Waals surface area contributed by atoms with Crippen molar-refractivity contribution < 1.29 is 9.53 Å². The molecule has 0 aliphatic rings. The van der Waals surface area contributed by atoms with E-state index in [1.54, 1.807) is 31.5 Å². The summed E-state index contributed by atoms with van der Waals surface area (Å²) < 4.78 is 5.37. The molecule has 2 aromatic carbocycles. The molecule has 0 radical (unpaired) electrons. The summed E-state index contributed by atoms with van der Waals surface area (Å²) >= 11 is 6.14. The number of nitrogens with zero attached hydrogens (tertiary/aromatic N) is 1. The highest BCUT2D eigenvalue weighted by molar-refractivity contribution is 6.31. The van der Waals surface area contributed by atoms with Crippen molar-refractivity contribution in [3.8, 4) is 5.75 Å². The number of pyridine rings is 1. The fourth-order valence-electron chi connectivity index (χ4n) is 2.78. The zero-order valence-electron chi connectivity index (χ0n) is 16.0. The van der Waals surface area contributed by atoms with Gasteiger partial charge in [-0.05, 0) is 43.2 Å². The van der Waals surface area contributed by atoms with Crippen molar-refractivity contribution in [1.29, 1.82) is 0 Å². The van der Waals surface area contributed by atoms with E-state index in [9.17, 15) is 4.79 Å². The third-order valence-electron chi connectivity index (χ3n) is 4.40. The summed E-state index contributed by atoms with van der Waals surface area (Å²) in [4.78, 5) is 16.7. The zero-order valence-corrected chi connectivity index (χ0v) is 16.7. The quantitative estimate of drug-likeness (QED) is 0.595. The smallest absolute Gasteiger partial charge is 0.270 e. The number of nitrogens with one attached hydrogen (secondary N) is 2. The topological polar surface area (TPSA) is 63.2 Å². The van der Waals surface area contributed by atoms with Crippen LogP contribution in [0.2, 0.25) is 5.02 Å². The van der Waals surface area contributed by atoms with Crippen LogP contribution in [0, 0.1) is 6.92 Å². The molecule has 3 aromatic rings. The number of amides is 1. The van der Waals surface area contributed by atoms with Gasteiger partial charge in [-0.1, -0.05) is 41.9 Å². The normalized spacial score (nSPS) is 11.6. The Morgan fingerprint density at radius 2 is 1.89 bits per heavy atom. The first kappa shape index (κ1) is 19.7. The number of anilines is 2. The van der Waals surface area contributed by atoms with Crippen LogP contribution in [0.5, 0.6) is 5.75 Å². The van der Waals surface area contributed by atoms with Crippen LogP contribution < -0.4 is 15.4 Å². The SMILES string of the molecule is COc1cc(Cl)c(C)cc1Nc1ccc(C(=O)NC(C)c2ccccc2)nc1. The van der Waals surface area contributed by atoms with Gasteiger partial charge < -0.3 is 15.4 Å². The number of carbonyl (C=O) groups excluding carboxylic acids is 1. The zero-order chi connectivity index (χ0) is 20.1. The second kappa shape index (κ2) is 8.76. The maximum absolute atomic E-state index is 12.5. The van der Waals surface area contributed by atoms with E-state index in [0.717, 1.165) is 22.5 Å². The summed E-state index contributed by atoms with van der Waals surface area (Å²) in [5.41, 5.74) is 3.85. The predicted octanol–water partition coefficient (Wildman–Crippen LogP) is 5.29. The Labute approximate surface area is 169 Å². The van der Waals surface area contributed by atoms with Crippen LogP contribution in [0.3, 0.4) is 0 Å². The Morgan fingerprint density at radius 1 is 1.14 bits per heavy atom. The molecule has 1 amide bonds. The monoisotopic (exact) mass is 395 g/mol. The summed E-state index contributed by atoms with van der Waals surface area (Å²) in [6, 6.07) is 16.9. The molecule has 0 bridgehead atoms. The average molecular weight is 396 g/mol. The molecule has 2 N–H and O–H groups in total. The van der Waals surface area contributed by atoms with Crippen LogP contribution in [-0.2, 0) is 0 Å². The van der Waals surface area contributed by atoms with Crippen molar-refractivity contribution in [1.82, 2.24) is 10.3 Å². The molecular weight excluding hydrogens is 374 g/mol. The Bertz CT molecular complexity index is 960. The van der Waals surface area contributed by atoms with Gasteiger partial charge in [-0.25, -0.2) is 4.98 Å². The summed E-state index contributed by atoms with van der Waals surface area (Å²) in [5, 5.41) is 6.84. The van der Waals surface area contributed by atoms with Gasteiger partial charge >= 0.3 is 0 Å². The highest BCUT2D eigenvalue weighted by Crippen LogP contribution is 2.32. The van der Waals surface area contributed by atoms with Gasteiger partial charge in [0.05, 0.1) is 30.7 Å². The summed E-state index contributed by atoms with van der Waals surface area (Å²) in [6.45, 7) is 3.87. The number of methoxy groups -OCH3 is 1. The van der Waals surface area contributed by atoms with Gasteiger partial charge in [-0.15, -0.1) is 0 Å². The van der Waals surface area contributed by atoms with E-state index >= 15 is 0 Å². The maximum Gasteiger partial charge on any atom is 0.270 e. The lowest BCUT2D eigenvalue weighted by Gasteiger charge is -2.15. The lowest BCUT2D eigenvalue weighted by atomic mass is 10.1. The minimum absolute atomic E-state index is 0.102. The molecule has 6 heteroatoms. The van der Waals surface area contributed by atoms with Crippen LogP contribution in [0.1, 0.15) is 34.6 Å². The van der Waals surface area contributed by atoms with Crippen LogP contribution in [-0.4, -0.2) is 18.0 Å². The standard InChI is InChI=1S/C22H22ClN3O2/c1-14-11-20(21(28-3)12-18(14)23)26-17-9-10-19(24-13-17)22(27)25-15(2)16-7-5-4-6-8-16/h4-13,15,26H,1-3H3,(H,25,27). The van der Waals surface area contributed by atoms with Gasteiger partial charge in [0, 0.05) is 11.1 Å². The van der Waals surface area contributed by atoms with Crippen LogP contribution in [0.15, 0.2) is 60.8 Å². The lowest BCUT2D eigenvalue weighted by Crippen LogP contribution is -2.27. The predicted molar refractivity (Wildman–Crippen MR) is 113 cm³/mol. The number of aryl methyl sites for hydroxylation is 1. The first-order valence-corrected chi connectivity index (χ1v) is 9.28. The molecule has 5 nitrogen and oxygen atoms in total. The second-order valence-electron chi connectivity index (χ2n) is 6.46. The number of ether oxygens (including phenoxy) is 1. The fraction of sp³-hybridized carbons (Fsp3) is 0.182. The molecule has 1 aromatic heterocycles. The highest BCUT2D eigenvalue weighted by atomic mass is 35.5. The minimum atomic E-state index is -0.220. The van der Waals surface area contributed by atoms with Gasteiger partial charge in [-0.2, -0.15) is 0 Å². The van der Waals surface area contributed by atoms with Gasteiger partial charge in [0.1, 0.15) is 11.4 Å². The van der Waals surface area contributed by atoms with Gasteiger partial charge in [0.15, 0.2) is 0 Å². The number of halogens is 1. The molecular formula is C22H22ClN3O2. The molecule has 1 heterocycles. The summed E-state index contributed by atoms with van der Waals surface area (Å²) in [6.07, 6.45) is 1.62. The van der Waals surface area contributed by atoms with Crippen LogP contribution in [0.4, 0.5) is 11.4 Å². The van der Waals surface area contributed by atoms with Crippen molar-refractivity contribution >= 4 is 28.9 Å². The van der Waals surface area contributed by atoms with E-state index in [4.69, 9.17) is 16.3 Å². The van der Waals surface area contributed by atoms with Gasteiger partial charge in [-0.3, -0.25) is 4.79 Å². The van der Waals surface area contributed by atoms with Crippen molar-refractivity contribution in [2.24, 2.45) is 0 Å². The van der Waals surface area contributed by atoms with Crippen LogP contribution >= 0.6 is 11.6 Å². The van der Waals surface area contributed by atoms with Crippen molar-refractivity contribution in [2.75, 3.05) is 12.4 Å². The summed E-state index contributed by atoms with van der Waals surface area (Å²) in [7, 11) is 1.59. The van der Waals surface area contributed by atoms with E-state index < -0.39 is 0 Å². The fourth-order valence-corrected chi connectivity index (χ4v) is 2.94. The molecule has 0 saturated heterocycles. The molecule has 0 aliphatic heterocycles. The molecule has 28 heavy (non-hydrogen) atoms. The molecule has 0 saturated carbocycles. The average Bonchev–Trinajstić information content (AvgIpc) is 2.71. The van der Waals surface area contributed by atoms with Crippen molar-refractivity contribution in [3.63, 3.8) is 0 Å². The van der Waals surface area contributed by atoms with Crippen molar-refractivity contribution in [3.05, 3.63) is 82.6 Å². The molecule has 144 valence electrons. The number of carbonyl (C=O) groups is 1. The summed E-state index contributed by atoms with van der Waals surface area (Å²) in [5.74, 6) is 0.414. The van der Waals surface area contributed by atoms with E-state index in [1.165, 1.54) is 0 Å². The number of hydrogen-bond acceptors (Lipinski definition) is 4.